The van der Waals surface area contributed by atoms with Crippen LogP contribution in [0.15, 0.2) is 34.2 Å². The molecule has 0 radical (unpaired) electrons. The molecule has 3 aromatic rings. The van der Waals surface area contributed by atoms with Crippen LogP contribution in [0.1, 0.15) is 18.7 Å². The molecule has 26 heavy (non-hydrogen) atoms. The van der Waals surface area contributed by atoms with Crippen LogP contribution in [0.3, 0.4) is 0 Å². The van der Waals surface area contributed by atoms with Crippen molar-refractivity contribution in [3.05, 3.63) is 30.4 Å². The van der Waals surface area contributed by atoms with Crippen LogP contribution in [0.25, 0.3) is 11.4 Å². The van der Waals surface area contributed by atoms with E-state index in [1.165, 1.54) is 11.8 Å². The fourth-order valence-electron chi connectivity index (χ4n) is 2.14. The van der Waals surface area contributed by atoms with Crippen molar-refractivity contribution in [2.75, 3.05) is 12.3 Å². The number of thioether (sulfide) groups is 1. The van der Waals surface area contributed by atoms with E-state index < -0.39 is 0 Å². The average Bonchev–Trinajstić information content (AvgIpc) is 3.29. The van der Waals surface area contributed by atoms with Crippen LogP contribution in [0.5, 0.6) is 0 Å². The predicted molar refractivity (Wildman–Crippen MR) is 93.0 cm³/mol. The number of carbonyl (C=O) groups is 1. The molecule has 0 saturated heterocycles. The van der Waals surface area contributed by atoms with Crippen LogP contribution in [-0.4, -0.2) is 53.5 Å². The number of nitrogens with zero attached hydrogens (tertiary/aromatic N) is 7. The molecule has 0 atom stereocenters. The van der Waals surface area contributed by atoms with Gasteiger partial charge < -0.3 is 9.84 Å². The second kappa shape index (κ2) is 9.04. The van der Waals surface area contributed by atoms with Crippen LogP contribution >= 0.6 is 11.8 Å². The Kier molecular flexibility index (Phi) is 6.25. The van der Waals surface area contributed by atoms with Gasteiger partial charge in [0.05, 0.1) is 0 Å². The normalized spacial score (nSPS) is 10.8. The number of carbonyl (C=O) groups excluding carboxylic acids is 1. The van der Waals surface area contributed by atoms with Crippen molar-refractivity contribution in [2.24, 2.45) is 7.05 Å². The van der Waals surface area contributed by atoms with Gasteiger partial charge in [-0.15, -0.1) is 5.10 Å². The van der Waals surface area contributed by atoms with Gasteiger partial charge in [-0.1, -0.05) is 16.9 Å². The van der Waals surface area contributed by atoms with Crippen molar-refractivity contribution in [1.82, 2.24) is 40.6 Å². The van der Waals surface area contributed by atoms with Crippen molar-refractivity contribution >= 4 is 17.7 Å². The highest BCUT2D eigenvalue weighted by Crippen LogP contribution is 2.15. The zero-order valence-corrected chi connectivity index (χ0v) is 15.0. The molecule has 0 aromatic carbocycles. The van der Waals surface area contributed by atoms with Gasteiger partial charge in [-0.3, -0.25) is 9.78 Å². The maximum absolute atomic E-state index is 11.8. The summed E-state index contributed by atoms with van der Waals surface area (Å²) in [5.74, 6) is 1.76. The molecule has 1 amide bonds. The number of hydrogen-bond donors (Lipinski definition) is 1. The van der Waals surface area contributed by atoms with E-state index in [0.29, 0.717) is 43.3 Å². The SMILES string of the molecule is Cn1nnnc1SCCNC(=O)CCCc1nc(-c2ccncc2)no1. The predicted octanol–water partition coefficient (Wildman–Crippen LogP) is 0.886. The minimum atomic E-state index is -0.00411. The van der Waals surface area contributed by atoms with Crippen molar-refractivity contribution in [3.63, 3.8) is 0 Å². The number of pyridine rings is 1. The van der Waals surface area contributed by atoms with E-state index in [1.54, 1.807) is 24.1 Å². The number of hydrogen-bond acceptors (Lipinski definition) is 9. The third-order valence-electron chi connectivity index (χ3n) is 3.44. The maximum Gasteiger partial charge on any atom is 0.226 e. The molecule has 0 unspecified atom stereocenters. The van der Waals surface area contributed by atoms with E-state index in [2.05, 4.69) is 36.0 Å². The Hall–Kier alpha value is -2.82. The molecule has 0 bridgehead atoms. The molecule has 136 valence electrons. The lowest BCUT2D eigenvalue weighted by Gasteiger charge is -2.03. The first-order valence-electron chi connectivity index (χ1n) is 8.07. The molecule has 1 N–H and O–H groups in total. The molecule has 11 heteroatoms. The topological polar surface area (TPSA) is 125 Å². The second-order valence-corrected chi connectivity index (χ2v) is 6.45. The number of rotatable bonds is 9. The van der Waals surface area contributed by atoms with Crippen LogP contribution in [0, 0.1) is 0 Å². The fraction of sp³-hybridized carbons (Fsp3) is 0.400. The summed E-state index contributed by atoms with van der Waals surface area (Å²) in [5, 5.41) is 18.7. The Morgan fingerprint density at radius 2 is 2.19 bits per heavy atom. The minimum absolute atomic E-state index is 0.00411. The monoisotopic (exact) mass is 374 g/mol. The lowest BCUT2D eigenvalue weighted by molar-refractivity contribution is -0.121. The third-order valence-corrected chi connectivity index (χ3v) is 4.45. The van der Waals surface area contributed by atoms with Crippen LogP contribution in [0.4, 0.5) is 0 Å². The Morgan fingerprint density at radius 1 is 1.35 bits per heavy atom. The summed E-state index contributed by atoms with van der Waals surface area (Å²) in [6.07, 6.45) is 4.96. The first-order chi connectivity index (χ1) is 12.7. The molecule has 0 spiro atoms. The maximum atomic E-state index is 11.8. The van der Waals surface area contributed by atoms with Crippen LogP contribution < -0.4 is 5.32 Å². The largest absolute Gasteiger partial charge is 0.355 e. The summed E-state index contributed by atoms with van der Waals surface area (Å²) in [5.41, 5.74) is 0.850. The third kappa shape index (κ3) is 5.09. The van der Waals surface area contributed by atoms with E-state index in [9.17, 15) is 4.79 Å². The summed E-state index contributed by atoms with van der Waals surface area (Å²) in [6, 6.07) is 3.63. The molecule has 3 aromatic heterocycles. The van der Waals surface area contributed by atoms with Gasteiger partial charge >= 0.3 is 0 Å². The molecule has 0 saturated carbocycles. The van der Waals surface area contributed by atoms with Gasteiger partial charge in [0.25, 0.3) is 0 Å². The second-order valence-electron chi connectivity index (χ2n) is 5.38. The number of aromatic nitrogens is 7. The van der Waals surface area contributed by atoms with Gasteiger partial charge in [0.15, 0.2) is 0 Å². The lowest BCUT2D eigenvalue weighted by Crippen LogP contribution is -2.25. The molecule has 3 heterocycles. The van der Waals surface area contributed by atoms with Crippen LogP contribution in [0.2, 0.25) is 0 Å². The average molecular weight is 374 g/mol. The number of nitrogens with one attached hydrogen (secondary N) is 1. The molecular weight excluding hydrogens is 356 g/mol. The van der Waals surface area contributed by atoms with Crippen molar-refractivity contribution in [3.8, 4) is 11.4 Å². The fourth-order valence-corrected chi connectivity index (χ4v) is 2.84. The van der Waals surface area contributed by atoms with Crippen molar-refractivity contribution in [2.45, 2.75) is 24.4 Å². The Balaban J connectivity index is 1.33. The van der Waals surface area contributed by atoms with E-state index in [1.807, 2.05) is 12.1 Å². The quantitative estimate of drug-likeness (QED) is 0.429. The van der Waals surface area contributed by atoms with Gasteiger partial charge in [-0.2, -0.15) is 4.98 Å². The molecular formula is C15H18N8O2S. The molecule has 10 nitrogen and oxygen atoms in total. The highest BCUT2D eigenvalue weighted by molar-refractivity contribution is 7.99. The van der Waals surface area contributed by atoms with E-state index in [0.717, 1.165) is 10.7 Å². The highest BCUT2D eigenvalue weighted by atomic mass is 32.2. The lowest BCUT2D eigenvalue weighted by atomic mass is 10.2. The van der Waals surface area contributed by atoms with Gasteiger partial charge in [-0.05, 0) is 29.0 Å². The number of amides is 1. The Labute approximate surface area is 153 Å². The summed E-state index contributed by atoms with van der Waals surface area (Å²) in [4.78, 5) is 20.1. The molecule has 0 aliphatic carbocycles. The first-order valence-corrected chi connectivity index (χ1v) is 9.06. The molecule has 0 fully saturated rings. The van der Waals surface area contributed by atoms with Crippen molar-refractivity contribution in [1.29, 1.82) is 0 Å². The minimum Gasteiger partial charge on any atom is -0.355 e. The number of tetrazole rings is 1. The standard InChI is InChI=1S/C15H18N8O2S/c1-23-15(19-21-22-23)26-10-9-17-12(24)3-2-4-13-18-14(20-25-13)11-5-7-16-8-6-11/h5-8H,2-4,9-10H2,1H3,(H,17,24). The van der Waals surface area contributed by atoms with Gasteiger partial charge in [-0.25, -0.2) is 4.68 Å². The zero-order chi connectivity index (χ0) is 18.2. The summed E-state index contributed by atoms with van der Waals surface area (Å²) in [6.45, 7) is 0.559. The summed E-state index contributed by atoms with van der Waals surface area (Å²) < 4.78 is 6.81. The Bertz CT molecular complexity index is 835. The van der Waals surface area contributed by atoms with E-state index in [4.69, 9.17) is 4.52 Å². The zero-order valence-electron chi connectivity index (χ0n) is 14.2. The van der Waals surface area contributed by atoms with Gasteiger partial charge in [0, 0.05) is 50.1 Å². The summed E-state index contributed by atoms with van der Waals surface area (Å²) >= 11 is 1.49. The Morgan fingerprint density at radius 3 is 2.96 bits per heavy atom. The number of aryl methyl sites for hydroxylation is 2. The molecule has 3 rings (SSSR count). The summed E-state index contributed by atoms with van der Waals surface area (Å²) in [7, 11) is 1.78. The van der Waals surface area contributed by atoms with Gasteiger partial charge in [0.1, 0.15) is 0 Å². The smallest absolute Gasteiger partial charge is 0.226 e. The molecule has 0 aliphatic heterocycles. The van der Waals surface area contributed by atoms with Crippen molar-refractivity contribution < 1.29 is 9.32 Å². The van der Waals surface area contributed by atoms with E-state index >= 15 is 0 Å². The van der Waals surface area contributed by atoms with Gasteiger partial charge in [0.2, 0.25) is 22.8 Å². The highest BCUT2D eigenvalue weighted by Gasteiger charge is 2.09. The first kappa shape index (κ1) is 18.0. The van der Waals surface area contributed by atoms with E-state index in [-0.39, 0.29) is 5.91 Å². The molecule has 0 aliphatic rings. The van der Waals surface area contributed by atoms with Crippen LogP contribution in [-0.2, 0) is 18.3 Å².